The van der Waals surface area contributed by atoms with Crippen molar-refractivity contribution < 1.29 is 19.4 Å². The van der Waals surface area contributed by atoms with Crippen LogP contribution < -0.4 is 16.2 Å². The lowest BCUT2D eigenvalue weighted by Crippen LogP contribution is -2.10. The number of hydrogen-bond donors (Lipinski definition) is 3. The lowest BCUT2D eigenvalue weighted by atomic mass is 10.1. The van der Waals surface area contributed by atoms with E-state index in [-0.39, 0.29) is 11.3 Å². The molecule has 5 N–H and O–H groups in total. The molecule has 2 rings (SSSR count). The number of primary amides is 1. The second-order valence-electron chi connectivity index (χ2n) is 4.05. The summed E-state index contributed by atoms with van der Waals surface area (Å²) < 4.78 is 5.49. The summed E-state index contributed by atoms with van der Waals surface area (Å²) in [5, 5.41) is 8.98. The monoisotopic (exact) mass is 272 g/mol. The van der Waals surface area contributed by atoms with E-state index in [1.807, 2.05) is 0 Å². The minimum Gasteiger partial charge on any atom is -0.478 e. The zero-order chi connectivity index (χ0) is 14.7. The zero-order valence-electron chi connectivity index (χ0n) is 10.4. The van der Waals surface area contributed by atoms with Gasteiger partial charge in [-0.3, -0.25) is 4.79 Å². The molecule has 0 aliphatic heterocycles. The first-order valence-corrected chi connectivity index (χ1v) is 5.68. The largest absolute Gasteiger partial charge is 0.478 e. The molecule has 0 saturated carbocycles. The van der Waals surface area contributed by atoms with Crippen LogP contribution in [-0.2, 0) is 0 Å². The second kappa shape index (κ2) is 5.31. The highest BCUT2D eigenvalue weighted by atomic mass is 16.5. The van der Waals surface area contributed by atoms with Crippen LogP contribution in [0.5, 0.6) is 11.5 Å². The van der Waals surface area contributed by atoms with Crippen LogP contribution >= 0.6 is 0 Å². The molecule has 0 fully saturated rings. The Morgan fingerprint density at radius 3 is 2.40 bits per heavy atom. The number of anilines is 1. The van der Waals surface area contributed by atoms with Crippen molar-refractivity contribution in [3.05, 3.63) is 53.6 Å². The number of benzene rings is 2. The molecule has 0 heterocycles. The summed E-state index contributed by atoms with van der Waals surface area (Å²) >= 11 is 0. The summed E-state index contributed by atoms with van der Waals surface area (Å²) in [6.07, 6.45) is 0. The average molecular weight is 272 g/mol. The Kier molecular flexibility index (Phi) is 3.56. The Morgan fingerprint density at radius 2 is 1.75 bits per heavy atom. The molecule has 2 aromatic carbocycles. The fourth-order valence-corrected chi connectivity index (χ4v) is 1.63. The molecule has 6 nitrogen and oxygen atoms in total. The van der Waals surface area contributed by atoms with Gasteiger partial charge >= 0.3 is 5.97 Å². The molecule has 0 unspecified atom stereocenters. The number of nitrogens with two attached hydrogens (primary N) is 2. The quantitative estimate of drug-likeness (QED) is 0.734. The fourth-order valence-electron chi connectivity index (χ4n) is 1.63. The highest BCUT2D eigenvalue weighted by molar-refractivity contribution is 5.94. The number of amides is 1. The number of carboxylic acids is 1. The lowest BCUT2D eigenvalue weighted by Gasteiger charge is -2.08. The van der Waals surface area contributed by atoms with Crippen molar-refractivity contribution in [2.45, 2.75) is 0 Å². The summed E-state index contributed by atoms with van der Waals surface area (Å²) in [4.78, 5) is 22.0. The number of aromatic carboxylic acids is 1. The number of carbonyl (C=O) groups excluding carboxylic acids is 1. The van der Waals surface area contributed by atoms with Crippen LogP contribution in [0.3, 0.4) is 0 Å². The van der Waals surface area contributed by atoms with Crippen LogP contribution in [0.1, 0.15) is 20.7 Å². The van der Waals surface area contributed by atoms with Crippen molar-refractivity contribution in [1.29, 1.82) is 0 Å². The van der Waals surface area contributed by atoms with Crippen LogP contribution in [0.2, 0.25) is 0 Å². The predicted molar refractivity (Wildman–Crippen MR) is 72.8 cm³/mol. The maximum absolute atomic E-state index is 11.1. The number of carbonyl (C=O) groups is 2. The molecular weight excluding hydrogens is 260 g/mol. The van der Waals surface area contributed by atoms with Gasteiger partial charge in [0.05, 0.1) is 5.56 Å². The predicted octanol–water partition coefficient (Wildman–Crippen LogP) is 1.86. The molecule has 0 bridgehead atoms. The third kappa shape index (κ3) is 2.86. The summed E-state index contributed by atoms with van der Waals surface area (Å²) in [7, 11) is 0. The van der Waals surface area contributed by atoms with Gasteiger partial charge in [-0.2, -0.15) is 0 Å². The lowest BCUT2D eigenvalue weighted by molar-refractivity contribution is 0.0697. The van der Waals surface area contributed by atoms with E-state index in [9.17, 15) is 9.59 Å². The molecule has 102 valence electrons. The van der Waals surface area contributed by atoms with Crippen molar-refractivity contribution in [3.8, 4) is 11.5 Å². The Morgan fingerprint density at radius 1 is 1.05 bits per heavy atom. The van der Waals surface area contributed by atoms with Gasteiger partial charge in [-0.05, 0) is 36.4 Å². The Balaban J connectivity index is 2.30. The van der Waals surface area contributed by atoms with Crippen LogP contribution in [0.15, 0.2) is 42.5 Å². The summed E-state index contributed by atoms with van der Waals surface area (Å²) in [6, 6.07) is 10.6. The van der Waals surface area contributed by atoms with Crippen molar-refractivity contribution in [3.63, 3.8) is 0 Å². The van der Waals surface area contributed by atoms with Gasteiger partial charge in [-0.15, -0.1) is 0 Å². The summed E-state index contributed by atoms with van der Waals surface area (Å²) in [5.41, 5.74) is 11.1. The van der Waals surface area contributed by atoms with E-state index in [2.05, 4.69) is 0 Å². The first-order valence-electron chi connectivity index (χ1n) is 5.68. The number of rotatable bonds is 4. The standard InChI is InChI=1S/C14H12N2O4/c15-12-5-4-10(7-11(12)14(18)19)20-9-3-1-2-8(6-9)13(16)17/h1-7H,15H2,(H2,16,17)(H,18,19). The molecule has 0 saturated heterocycles. The van der Waals surface area contributed by atoms with Crippen LogP contribution in [0, 0.1) is 0 Å². The number of carboxylic acid groups (broad SMARTS) is 1. The van der Waals surface area contributed by atoms with E-state index in [1.54, 1.807) is 24.3 Å². The SMILES string of the molecule is NC(=O)c1cccc(Oc2ccc(N)c(C(=O)O)c2)c1. The smallest absolute Gasteiger partial charge is 0.337 e. The van der Waals surface area contributed by atoms with Crippen molar-refractivity contribution in [2.75, 3.05) is 5.73 Å². The van der Waals surface area contributed by atoms with Crippen LogP contribution in [-0.4, -0.2) is 17.0 Å². The van der Waals surface area contributed by atoms with Gasteiger partial charge in [0, 0.05) is 11.3 Å². The maximum Gasteiger partial charge on any atom is 0.337 e. The van der Waals surface area contributed by atoms with E-state index < -0.39 is 11.9 Å². The van der Waals surface area contributed by atoms with Gasteiger partial charge in [-0.25, -0.2) is 4.79 Å². The molecule has 1 amide bonds. The van der Waals surface area contributed by atoms with E-state index in [4.69, 9.17) is 21.3 Å². The molecule has 0 aliphatic rings. The molecule has 0 radical (unpaired) electrons. The maximum atomic E-state index is 11.1. The Bertz CT molecular complexity index is 683. The summed E-state index contributed by atoms with van der Waals surface area (Å²) in [6.45, 7) is 0. The van der Waals surface area contributed by atoms with Gasteiger partial charge in [0.15, 0.2) is 0 Å². The molecule has 0 aromatic heterocycles. The Hall–Kier alpha value is -3.02. The molecule has 20 heavy (non-hydrogen) atoms. The third-order valence-corrected chi connectivity index (χ3v) is 2.61. The first kappa shape index (κ1) is 13.4. The first-order chi connectivity index (χ1) is 9.47. The number of hydrogen-bond acceptors (Lipinski definition) is 4. The normalized spacial score (nSPS) is 10.0. The number of nitrogen functional groups attached to an aromatic ring is 1. The van der Waals surface area contributed by atoms with Gasteiger partial charge in [-0.1, -0.05) is 6.07 Å². The second-order valence-corrected chi connectivity index (χ2v) is 4.05. The third-order valence-electron chi connectivity index (χ3n) is 2.61. The van der Waals surface area contributed by atoms with Gasteiger partial charge in [0.25, 0.3) is 0 Å². The molecule has 0 aliphatic carbocycles. The van der Waals surface area contributed by atoms with Crippen molar-refractivity contribution in [2.24, 2.45) is 5.73 Å². The molecule has 6 heteroatoms. The van der Waals surface area contributed by atoms with E-state index in [0.29, 0.717) is 17.1 Å². The topological polar surface area (TPSA) is 116 Å². The van der Waals surface area contributed by atoms with Crippen LogP contribution in [0.4, 0.5) is 5.69 Å². The van der Waals surface area contributed by atoms with Crippen molar-refractivity contribution >= 4 is 17.6 Å². The summed E-state index contributed by atoms with van der Waals surface area (Å²) in [5.74, 6) is -1.03. The highest BCUT2D eigenvalue weighted by Gasteiger charge is 2.10. The van der Waals surface area contributed by atoms with E-state index in [1.165, 1.54) is 18.2 Å². The minimum atomic E-state index is -1.14. The van der Waals surface area contributed by atoms with E-state index in [0.717, 1.165) is 0 Å². The zero-order valence-corrected chi connectivity index (χ0v) is 10.4. The highest BCUT2D eigenvalue weighted by Crippen LogP contribution is 2.25. The van der Waals surface area contributed by atoms with Gasteiger partial charge < -0.3 is 21.3 Å². The Labute approximate surface area is 114 Å². The molecular formula is C14H12N2O4. The van der Waals surface area contributed by atoms with Crippen LogP contribution in [0.25, 0.3) is 0 Å². The number of ether oxygens (including phenoxy) is 1. The average Bonchev–Trinajstić information content (AvgIpc) is 2.41. The van der Waals surface area contributed by atoms with Gasteiger partial charge in [0.2, 0.25) is 5.91 Å². The molecule has 2 aromatic rings. The molecule has 0 atom stereocenters. The fraction of sp³-hybridized carbons (Fsp3) is 0. The van der Waals surface area contributed by atoms with E-state index >= 15 is 0 Å². The van der Waals surface area contributed by atoms with Gasteiger partial charge in [0.1, 0.15) is 11.5 Å². The minimum absolute atomic E-state index is 0.0476. The van der Waals surface area contributed by atoms with Crippen molar-refractivity contribution in [1.82, 2.24) is 0 Å². The molecule has 0 spiro atoms.